The third-order valence-electron chi connectivity index (χ3n) is 7.38. The monoisotopic (exact) mass is 408 g/mol. The van der Waals surface area contributed by atoms with Crippen molar-refractivity contribution in [1.82, 2.24) is 0 Å². The summed E-state index contributed by atoms with van der Waals surface area (Å²) in [4.78, 5) is 0. The van der Waals surface area contributed by atoms with Crippen LogP contribution in [0.15, 0.2) is 84.9 Å². The Hall–Kier alpha value is -3.64. The predicted molar refractivity (Wildman–Crippen MR) is 138 cm³/mol. The maximum atomic E-state index is 2.51. The van der Waals surface area contributed by atoms with E-state index < -0.39 is 0 Å². The molecule has 0 fully saturated rings. The summed E-state index contributed by atoms with van der Waals surface area (Å²) in [5.41, 5.74) is 11.5. The fourth-order valence-electron chi connectivity index (χ4n) is 6.23. The molecule has 0 saturated carbocycles. The van der Waals surface area contributed by atoms with E-state index in [-0.39, 0.29) is 0 Å². The zero-order valence-electron chi connectivity index (χ0n) is 18.5. The van der Waals surface area contributed by atoms with Crippen molar-refractivity contribution in [2.45, 2.75) is 26.7 Å². The van der Waals surface area contributed by atoms with Crippen molar-refractivity contribution in [2.24, 2.45) is 0 Å². The summed E-state index contributed by atoms with van der Waals surface area (Å²) in [5.74, 6) is 0. The van der Waals surface area contributed by atoms with Crippen LogP contribution < -0.4 is 0 Å². The van der Waals surface area contributed by atoms with Crippen molar-refractivity contribution in [3.05, 3.63) is 107 Å². The molecule has 0 atom stereocenters. The van der Waals surface area contributed by atoms with Crippen LogP contribution in [-0.2, 0) is 12.8 Å². The highest BCUT2D eigenvalue weighted by atomic mass is 14.3. The van der Waals surface area contributed by atoms with Crippen LogP contribution in [0.25, 0.3) is 54.6 Å². The fourth-order valence-corrected chi connectivity index (χ4v) is 6.23. The second-order valence-corrected chi connectivity index (χ2v) is 8.92. The predicted octanol–water partition coefficient (Wildman–Crippen LogP) is 8.75. The molecule has 6 aromatic rings. The van der Waals surface area contributed by atoms with Gasteiger partial charge in [-0.15, -0.1) is 0 Å². The number of fused-ring (bicyclic) bond motifs is 4. The molecule has 2 aliphatic carbocycles. The molecule has 0 N–H and O–H groups in total. The molecule has 8 rings (SSSR count). The largest absolute Gasteiger partial charge is 0.0683 e. The molecule has 0 aromatic heterocycles. The second kappa shape index (κ2) is 6.43. The smallest absolute Gasteiger partial charge is 0.000853 e. The molecule has 0 saturated heterocycles. The van der Waals surface area contributed by atoms with Gasteiger partial charge in [0.1, 0.15) is 0 Å². The quantitative estimate of drug-likeness (QED) is 0.220. The summed E-state index contributed by atoms with van der Waals surface area (Å²) in [6.45, 7) is 4.00. The molecule has 0 heterocycles. The maximum Gasteiger partial charge on any atom is -0.000853 e. The maximum absolute atomic E-state index is 2.51. The van der Waals surface area contributed by atoms with E-state index in [1.165, 1.54) is 76.8 Å². The first-order chi connectivity index (χ1) is 15.9. The lowest BCUT2D eigenvalue weighted by Gasteiger charge is -2.29. The van der Waals surface area contributed by atoms with E-state index in [1.807, 2.05) is 13.8 Å². The summed E-state index contributed by atoms with van der Waals surface area (Å²) in [6, 6.07) is 32.1. The van der Waals surface area contributed by atoms with E-state index in [9.17, 15) is 0 Å². The average molecular weight is 409 g/mol. The Bertz CT molecular complexity index is 1560. The molecule has 0 heteroatoms. The van der Waals surface area contributed by atoms with Gasteiger partial charge in [0.2, 0.25) is 0 Å². The SMILES string of the molecule is CC.c1ccc2c(c1)Cc1cc3c4c(cc5cccc6cc-2c1c4c65)-c1ccccc1C3. The van der Waals surface area contributed by atoms with Gasteiger partial charge in [-0.05, 0) is 102 Å². The van der Waals surface area contributed by atoms with Gasteiger partial charge in [0, 0.05) is 0 Å². The Kier molecular flexibility index (Phi) is 3.62. The van der Waals surface area contributed by atoms with Gasteiger partial charge in [-0.1, -0.05) is 86.6 Å². The first kappa shape index (κ1) is 18.0. The number of benzene rings is 6. The molecule has 2 aliphatic rings. The van der Waals surface area contributed by atoms with Gasteiger partial charge in [-0.2, -0.15) is 0 Å². The van der Waals surface area contributed by atoms with Crippen LogP contribution in [-0.4, -0.2) is 0 Å². The van der Waals surface area contributed by atoms with E-state index in [4.69, 9.17) is 0 Å². The van der Waals surface area contributed by atoms with Crippen molar-refractivity contribution >= 4 is 32.3 Å². The van der Waals surface area contributed by atoms with Crippen molar-refractivity contribution in [1.29, 1.82) is 0 Å². The first-order valence-corrected chi connectivity index (χ1v) is 11.8. The third kappa shape index (κ3) is 2.17. The van der Waals surface area contributed by atoms with Crippen molar-refractivity contribution in [3.8, 4) is 22.3 Å². The van der Waals surface area contributed by atoms with Gasteiger partial charge < -0.3 is 0 Å². The average Bonchev–Trinajstić information content (AvgIpc) is 2.85. The van der Waals surface area contributed by atoms with Crippen LogP contribution >= 0.6 is 0 Å². The zero-order chi connectivity index (χ0) is 21.4. The van der Waals surface area contributed by atoms with E-state index in [1.54, 1.807) is 0 Å². The molecule has 0 unspecified atom stereocenters. The molecule has 0 aliphatic heterocycles. The topological polar surface area (TPSA) is 0 Å². The van der Waals surface area contributed by atoms with Crippen molar-refractivity contribution in [3.63, 3.8) is 0 Å². The minimum absolute atomic E-state index is 1.03. The Morgan fingerprint density at radius 1 is 0.406 bits per heavy atom. The summed E-state index contributed by atoms with van der Waals surface area (Å²) in [7, 11) is 0. The molecule has 0 amide bonds. The van der Waals surface area contributed by atoms with Gasteiger partial charge in [0.15, 0.2) is 0 Å². The van der Waals surface area contributed by atoms with Crippen LogP contribution in [0.4, 0.5) is 0 Å². The lowest BCUT2D eigenvalue weighted by atomic mass is 9.74. The lowest BCUT2D eigenvalue weighted by Crippen LogP contribution is -2.07. The molecule has 32 heavy (non-hydrogen) atoms. The van der Waals surface area contributed by atoms with Gasteiger partial charge >= 0.3 is 0 Å². The van der Waals surface area contributed by atoms with Crippen LogP contribution in [0.5, 0.6) is 0 Å². The highest BCUT2D eigenvalue weighted by Gasteiger charge is 2.27. The third-order valence-corrected chi connectivity index (χ3v) is 7.38. The molecule has 0 radical (unpaired) electrons. The molecule has 0 spiro atoms. The summed E-state index contributed by atoms with van der Waals surface area (Å²) >= 11 is 0. The summed E-state index contributed by atoms with van der Waals surface area (Å²) < 4.78 is 0. The Balaban J connectivity index is 0.000000880. The highest BCUT2D eigenvalue weighted by Crippen LogP contribution is 2.51. The highest BCUT2D eigenvalue weighted by molar-refractivity contribution is 6.31. The van der Waals surface area contributed by atoms with E-state index >= 15 is 0 Å². The normalized spacial score (nSPS) is 13.1. The number of rotatable bonds is 0. The second-order valence-electron chi connectivity index (χ2n) is 8.92. The summed E-state index contributed by atoms with van der Waals surface area (Å²) in [6.07, 6.45) is 2.06. The molecule has 0 bridgehead atoms. The van der Waals surface area contributed by atoms with Gasteiger partial charge in [-0.25, -0.2) is 0 Å². The molecular formula is C32H24. The van der Waals surface area contributed by atoms with E-state index in [2.05, 4.69) is 84.9 Å². The first-order valence-electron chi connectivity index (χ1n) is 11.8. The standard InChI is InChI=1S/C30H18.C2H6/c1-3-10-23-17(6-1)12-21-14-22-13-18-7-2-4-11-24(18)26-16-20-9-5-8-19-15-25(23)28(21)30(27(19)20)29(22)26;1-2/h1-11,14-16H,12-13H2;1-2H3. The van der Waals surface area contributed by atoms with E-state index in [0.717, 1.165) is 12.8 Å². The van der Waals surface area contributed by atoms with Crippen molar-refractivity contribution < 1.29 is 0 Å². The number of hydrogen-bond acceptors (Lipinski definition) is 0. The minimum Gasteiger partial charge on any atom is -0.0683 e. The molecule has 0 nitrogen and oxygen atoms in total. The van der Waals surface area contributed by atoms with Crippen LogP contribution in [0.3, 0.4) is 0 Å². The number of hydrogen-bond donors (Lipinski definition) is 0. The molecule has 6 aromatic carbocycles. The van der Waals surface area contributed by atoms with Gasteiger partial charge in [0.05, 0.1) is 0 Å². The minimum atomic E-state index is 1.03. The Morgan fingerprint density at radius 2 is 0.906 bits per heavy atom. The summed E-state index contributed by atoms with van der Waals surface area (Å²) in [5, 5.41) is 8.62. The van der Waals surface area contributed by atoms with E-state index in [0.29, 0.717) is 0 Å². The van der Waals surface area contributed by atoms with Crippen LogP contribution in [0, 0.1) is 0 Å². The van der Waals surface area contributed by atoms with Crippen molar-refractivity contribution in [2.75, 3.05) is 0 Å². The van der Waals surface area contributed by atoms with Crippen LogP contribution in [0.2, 0.25) is 0 Å². The molecular weight excluding hydrogens is 384 g/mol. The van der Waals surface area contributed by atoms with Crippen LogP contribution in [0.1, 0.15) is 36.1 Å². The van der Waals surface area contributed by atoms with Gasteiger partial charge in [-0.3, -0.25) is 0 Å². The Labute approximate surface area is 188 Å². The molecule has 152 valence electrons. The van der Waals surface area contributed by atoms with Gasteiger partial charge in [0.25, 0.3) is 0 Å². The zero-order valence-corrected chi connectivity index (χ0v) is 18.5. The Morgan fingerprint density at radius 3 is 1.44 bits per heavy atom. The lowest BCUT2D eigenvalue weighted by molar-refractivity contribution is 1.15. The fraction of sp³-hybridized carbons (Fsp3) is 0.125.